The van der Waals surface area contributed by atoms with Gasteiger partial charge in [0.25, 0.3) is 0 Å². The molecule has 4 heteroatoms. The average Bonchev–Trinajstić information content (AvgIpc) is 2.47. The van der Waals surface area contributed by atoms with Crippen molar-refractivity contribution >= 4 is 0 Å². The summed E-state index contributed by atoms with van der Waals surface area (Å²) >= 11 is 0. The molecule has 19 heavy (non-hydrogen) atoms. The van der Waals surface area contributed by atoms with Crippen molar-refractivity contribution in [2.24, 2.45) is 5.41 Å². The van der Waals surface area contributed by atoms with Crippen molar-refractivity contribution in [2.45, 2.75) is 25.4 Å². The van der Waals surface area contributed by atoms with Gasteiger partial charge in [-0.3, -0.25) is 0 Å². The van der Waals surface area contributed by atoms with E-state index < -0.39 is 11.0 Å². The Labute approximate surface area is 113 Å². The minimum absolute atomic E-state index is 0.245. The van der Waals surface area contributed by atoms with Crippen LogP contribution < -0.4 is 4.74 Å². The van der Waals surface area contributed by atoms with E-state index in [1.165, 1.54) is 0 Å². The van der Waals surface area contributed by atoms with Crippen LogP contribution >= 0.6 is 0 Å². The number of ether oxygens (including phenoxy) is 2. The second-order valence-corrected chi connectivity index (χ2v) is 5.12. The fourth-order valence-electron chi connectivity index (χ4n) is 2.68. The molecule has 2 unspecified atom stereocenters. The molecular weight excluding hydrogens is 242 g/mol. The summed E-state index contributed by atoms with van der Waals surface area (Å²) in [5, 5.41) is 20.6. The number of para-hydroxylation sites is 1. The molecule has 1 aliphatic heterocycles. The first-order valence-corrected chi connectivity index (χ1v) is 6.42. The van der Waals surface area contributed by atoms with Gasteiger partial charge in [-0.1, -0.05) is 18.2 Å². The zero-order valence-electron chi connectivity index (χ0n) is 11.3. The predicted octanol–water partition coefficient (Wildman–Crippen LogP) is 2.22. The van der Waals surface area contributed by atoms with E-state index in [9.17, 15) is 10.4 Å². The number of aliphatic hydroxyl groups is 1. The van der Waals surface area contributed by atoms with Crippen LogP contribution in [0.4, 0.5) is 0 Å². The number of rotatable bonds is 3. The Morgan fingerprint density at radius 3 is 2.79 bits per heavy atom. The molecule has 1 saturated heterocycles. The van der Waals surface area contributed by atoms with E-state index in [-0.39, 0.29) is 6.61 Å². The second kappa shape index (κ2) is 5.20. The zero-order valence-corrected chi connectivity index (χ0v) is 11.3. The highest BCUT2D eigenvalue weighted by atomic mass is 16.5. The van der Waals surface area contributed by atoms with Gasteiger partial charge in [-0.05, 0) is 25.8 Å². The first kappa shape index (κ1) is 13.9. The molecule has 0 bridgehead atoms. The fraction of sp³-hybridized carbons (Fsp3) is 0.533. The summed E-state index contributed by atoms with van der Waals surface area (Å²) < 4.78 is 10.7. The van der Waals surface area contributed by atoms with E-state index in [1.54, 1.807) is 26.2 Å². The Bertz CT molecular complexity index is 484. The minimum atomic E-state index is -1.31. The van der Waals surface area contributed by atoms with Crippen molar-refractivity contribution in [3.05, 3.63) is 29.8 Å². The predicted molar refractivity (Wildman–Crippen MR) is 70.7 cm³/mol. The van der Waals surface area contributed by atoms with Gasteiger partial charge in [-0.2, -0.15) is 5.26 Å². The van der Waals surface area contributed by atoms with Crippen LogP contribution in [-0.2, 0) is 10.3 Å². The molecule has 1 aromatic rings. The third kappa shape index (κ3) is 2.20. The van der Waals surface area contributed by atoms with Crippen LogP contribution in [0.2, 0.25) is 0 Å². The maximum Gasteiger partial charge on any atom is 0.124 e. The molecule has 0 spiro atoms. The van der Waals surface area contributed by atoms with Crippen molar-refractivity contribution < 1.29 is 14.6 Å². The van der Waals surface area contributed by atoms with Crippen molar-refractivity contribution in [1.29, 1.82) is 5.26 Å². The van der Waals surface area contributed by atoms with Gasteiger partial charge in [0, 0.05) is 12.2 Å². The Hall–Kier alpha value is -1.57. The summed E-state index contributed by atoms with van der Waals surface area (Å²) in [5.74, 6) is 0.590. The first-order chi connectivity index (χ1) is 9.07. The largest absolute Gasteiger partial charge is 0.496 e. The third-order valence-corrected chi connectivity index (χ3v) is 4.02. The summed E-state index contributed by atoms with van der Waals surface area (Å²) in [6.07, 6.45) is 1.40. The Morgan fingerprint density at radius 1 is 1.47 bits per heavy atom. The highest BCUT2D eigenvalue weighted by Crippen LogP contribution is 2.47. The molecule has 0 radical (unpaired) electrons. The van der Waals surface area contributed by atoms with Crippen LogP contribution in [-0.4, -0.2) is 25.4 Å². The number of benzene rings is 1. The summed E-state index contributed by atoms with van der Waals surface area (Å²) in [7, 11) is 1.56. The van der Waals surface area contributed by atoms with E-state index in [2.05, 4.69) is 6.07 Å². The lowest BCUT2D eigenvalue weighted by atomic mass is 9.67. The van der Waals surface area contributed by atoms with Crippen molar-refractivity contribution in [3.8, 4) is 11.8 Å². The van der Waals surface area contributed by atoms with Crippen molar-refractivity contribution in [2.75, 3.05) is 20.3 Å². The highest BCUT2D eigenvalue weighted by molar-refractivity contribution is 5.40. The van der Waals surface area contributed by atoms with Gasteiger partial charge in [0.15, 0.2) is 0 Å². The van der Waals surface area contributed by atoms with E-state index in [0.29, 0.717) is 24.3 Å². The maximum absolute atomic E-state index is 11.0. The molecule has 2 rings (SSSR count). The lowest BCUT2D eigenvalue weighted by molar-refractivity contribution is -0.114. The van der Waals surface area contributed by atoms with Crippen molar-refractivity contribution in [3.63, 3.8) is 0 Å². The fourth-order valence-corrected chi connectivity index (χ4v) is 2.68. The van der Waals surface area contributed by atoms with Gasteiger partial charge < -0.3 is 14.6 Å². The van der Waals surface area contributed by atoms with Gasteiger partial charge in [0.05, 0.1) is 19.8 Å². The molecule has 0 aliphatic carbocycles. The van der Waals surface area contributed by atoms with Crippen molar-refractivity contribution in [1.82, 2.24) is 0 Å². The number of methoxy groups -OCH3 is 1. The number of hydrogen-bond acceptors (Lipinski definition) is 4. The summed E-state index contributed by atoms with van der Waals surface area (Å²) in [6, 6.07) is 9.54. The lowest BCUT2D eigenvalue weighted by Crippen LogP contribution is -2.48. The summed E-state index contributed by atoms with van der Waals surface area (Å²) in [6.45, 7) is 2.56. The van der Waals surface area contributed by atoms with E-state index >= 15 is 0 Å². The van der Waals surface area contributed by atoms with E-state index in [4.69, 9.17) is 9.47 Å². The molecule has 0 aromatic heterocycles. The van der Waals surface area contributed by atoms with E-state index in [0.717, 1.165) is 6.42 Å². The Balaban J connectivity index is 2.48. The van der Waals surface area contributed by atoms with Crippen LogP contribution in [0, 0.1) is 16.7 Å². The van der Waals surface area contributed by atoms with Gasteiger partial charge >= 0.3 is 0 Å². The molecule has 1 fully saturated rings. The molecule has 0 saturated carbocycles. The molecule has 102 valence electrons. The smallest absolute Gasteiger partial charge is 0.124 e. The topological polar surface area (TPSA) is 62.5 Å². The normalized spacial score (nSPS) is 26.2. The zero-order chi connectivity index (χ0) is 13.9. The highest BCUT2D eigenvalue weighted by Gasteiger charge is 2.51. The van der Waals surface area contributed by atoms with Gasteiger partial charge in [0.2, 0.25) is 0 Å². The Morgan fingerprint density at radius 2 is 2.21 bits per heavy atom. The molecule has 1 aliphatic rings. The molecule has 4 nitrogen and oxygen atoms in total. The minimum Gasteiger partial charge on any atom is -0.496 e. The van der Waals surface area contributed by atoms with Crippen LogP contribution in [0.15, 0.2) is 24.3 Å². The molecule has 1 N–H and O–H groups in total. The molecule has 0 amide bonds. The van der Waals surface area contributed by atoms with E-state index in [1.807, 2.05) is 12.1 Å². The monoisotopic (exact) mass is 261 g/mol. The van der Waals surface area contributed by atoms with Gasteiger partial charge in [-0.15, -0.1) is 0 Å². The molecule has 2 atom stereocenters. The molecule has 1 heterocycles. The molecular formula is C15H19NO3. The SMILES string of the molecule is COc1ccccc1C(C)(O)C1(C#N)CCCOC1. The number of hydrogen-bond donors (Lipinski definition) is 1. The van der Waals surface area contributed by atoms with Crippen LogP contribution in [0.1, 0.15) is 25.3 Å². The standard InChI is InChI=1S/C15H19NO3/c1-14(17,12-6-3-4-7-13(12)18-2)15(10-16)8-5-9-19-11-15/h3-4,6-7,17H,5,8-9,11H2,1-2H3. The van der Waals surface area contributed by atoms with Gasteiger partial charge in [-0.25, -0.2) is 0 Å². The van der Waals surface area contributed by atoms with Crippen LogP contribution in [0.25, 0.3) is 0 Å². The average molecular weight is 261 g/mol. The Kier molecular flexibility index (Phi) is 3.79. The first-order valence-electron chi connectivity index (χ1n) is 6.42. The van der Waals surface area contributed by atoms with Crippen LogP contribution in [0.5, 0.6) is 5.75 Å². The molecule has 1 aromatic carbocycles. The number of nitriles is 1. The summed E-state index contributed by atoms with van der Waals surface area (Å²) in [5.41, 5.74) is -1.61. The lowest BCUT2D eigenvalue weighted by Gasteiger charge is -2.43. The number of nitrogens with zero attached hydrogens (tertiary/aromatic N) is 1. The third-order valence-electron chi connectivity index (χ3n) is 4.02. The maximum atomic E-state index is 11.0. The second-order valence-electron chi connectivity index (χ2n) is 5.12. The quantitative estimate of drug-likeness (QED) is 0.906. The van der Waals surface area contributed by atoms with Gasteiger partial charge in [0.1, 0.15) is 16.8 Å². The summed E-state index contributed by atoms with van der Waals surface area (Å²) in [4.78, 5) is 0. The van der Waals surface area contributed by atoms with Crippen LogP contribution in [0.3, 0.4) is 0 Å².